The first kappa shape index (κ1) is 12.9. The second-order valence-electron chi connectivity index (χ2n) is 4.13. The van der Waals surface area contributed by atoms with Gasteiger partial charge in [0.2, 0.25) is 0 Å². The molecule has 2 atom stereocenters. The summed E-state index contributed by atoms with van der Waals surface area (Å²) in [6.45, 7) is 5.35. The second kappa shape index (κ2) is 7.30. The molecule has 0 aromatic carbocycles. The number of hydrogen-bond acceptors (Lipinski definition) is 3. The molecular formula is C10H25N3. The summed E-state index contributed by atoms with van der Waals surface area (Å²) in [6.07, 6.45) is 4.25. The monoisotopic (exact) mass is 187 g/mol. The molecule has 3 heteroatoms. The van der Waals surface area contributed by atoms with E-state index < -0.39 is 0 Å². The molecular weight excluding hydrogens is 162 g/mol. The third-order valence-corrected chi connectivity index (χ3v) is 2.79. The molecule has 0 amide bonds. The molecule has 0 heterocycles. The van der Waals surface area contributed by atoms with Crippen LogP contribution in [-0.2, 0) is 0 Å². The molecule has 0 aromatic rings. The summed E-state index contributed by atoms with van der Waals surface area (Å²) in [6, 6.07) is 0. The van der Waals surface area contributed by atoms with Gasteiger partial charge < -0.3 is 17.2 Å². The number of rotatable bonds is 7. The quantitative estimate of drug-likeness (QED) is 0.521. The number of hydrogen-bond donors (Lipinski definition) is 3. The fourth-order valence-corrected chi connectivity index (χ4v) is 1.46. The van der Waals surface area contributed by atoms with Crippen LogP contribution in [0.2, 0.25) is 0 Å². The Morgan fingerprint density at radius 3 is 1.92 bits per heavy atom. The molecule has 0 aromatic heterocycles. The van der Waals surface area contributed by atoms with Gasteiger partial charge in [0.25, 0.3) is 0 Å². The molecule has 0 aliphatic rings. The topological polar surface area (TPSA) is 78.1 Å². The normalized spacial score (nSPS) is 16.2. The standard InChI is InChI=1S/C10H25N3/c1-8(4-3-7-11)9(2)5-6-10(12)13/h8-10H,3-7,11-13H2,1-2H3. The van der Waals surface area contributed by atoms with E-state index in [1.807, 2.05) is 0 Å². The van der Waals surface area contributed by atoms with Gasteiger partial charge in [0.15, 0.2) is 0 Å². The maximum atomic E-state index is 5.50. The maximum Gasteiger partial charge on any atom is 0.0520 e. The van der Waals surface area contributed by atoms with Gasteiger partial charge in [-0.3, -0.25) is 0 Å². The van der Waals surface area contributed by atoms with E-state index in [1.54, 1.807) is 0 Å². The SMILES string of the molecule is CC(CCCN)C(C)CCC(N)N. The molecule has 6 N–H and O–H groups in total. The van der Waals surface area contributed by atoms with Crippen molar-refractivity contribution in [3.8, 4) is 0 Å². The Hall–Kier alpha value is -0.120. The highest BCUT2D eigenvalue weighted by molar-refractivity contribution is 4.64. The molecule has 3 nitrogen and oxygen atoms in total. The van der Waals surface area contributed by atoms with Gasteiger partial charge >= 0.3 is 0 Å². The summed E-state index contributed by atoms with van der Waals surface area (Å²) in [5.74, 6) is 1.45. The first-order valence-corrected chi connectivity index (χ1v) is 5.29. The largest absolute Gasteiger partial charge is 0.330 e. The zero-order valence-electron chi connectivity index (χ0n) is 9.00. The third-order valence-electron chi connectivity index (χ3n) is 2.79. The lowest BCUT2D eigenvalue weighted by Crippen LogP contribution is -2.31. The van der Waals surface area contributed by atoms with E-state index in [0.717, 1.165) is 31.7 Å². The smallest absolute Gasteiger partial charge is 0.0520 e. The fraction of sp³-hybridized carbons (Fsp3) is 1.00. The van der Waals surface area contributed by atoms with Crippen LogP contribution in [-0.4, -0.2) is 12.7 Å². The molecule has 0 radical (unpaired) electrons. The zero-order valence-corrected chi connectivity index (χ0v) is 9.00. The Bertz CT molecular complexity index is 115. The summed E-state index contributed by atoms with van der Waals surface area (Å²) >= 11 is 0. The molecule has 0 bridgehead atoms. The van der Waals surface area contributed by atoms with Crippen molar-refractivity contribution < 1.29 is 0 Å². The molecule has 0 aliphatic heterocycles. The maximum absolute atomic E-state index is 5.50. The van der Waals surface area contributed by atoms with Crippen LogP contribution in [0.25, 0.3) is 0 Å². The molecule has 13 heavy (non-hydrogen) atoms. The molecule has 0 aliphatic carbocycles. The summed E-state index contributed by atoms with van der Waals surface area (Å²) in [4.78, 5) is 0. The van der Waals surface area contributed by atoms with Gasteiger partial charge in [-0.1, -0.05) is 13.8 Å². The Labute approximate surface area is 82.0 Å². The van der Waals surface area contributed by atoms with Crippen LogP contribution in [0.15, 0.2) is 0 Å². The van der Waals surface area contributed by atoms with Crippen molar-refractivity contribution in [2.75, 3.05) is 6.54 Å². The van der Waals surface area contributed by atoms with Gasteiger partial charge in [0.1, 0.15) is 0 Å². The molecule has 80 valence electrons. The van der Waals surface area contributed by atoms with Gasteiger partial charge in [0, 0.05) is 0 Å². The van der Waals surface area contributed by atoms with E-state index in [1.165, 1.54) is 6.42 Å². The highest BCUT2D eigenvalue weighted by atomic mass is 14.8. The Morgan fingerprint density at radius 1 is 0.923 bits per heavy atom. The van der Waals surface area contributed by atoms with E-state index in [4.69, 9.17) is 17.2 Å². The minimum absolute atomic E-state index is 0.149. The minimum Gasteiger partial charge on any atom is -0.330 e. The summed E-state index contributed by atoms with van der Waals surface area (Å²) in [7, 11) is 0. The highest BCUT2D eigenvalue weighted by Crippen LogP contribution is 2.21. The molecule has 0 fully saturated rings. The van der Waals surface area contributed by atoms with Gasteiger partial charge in [-0.05, 0) is 44.1 Å². The number of nitrogens with two attached hydrogens (primary N) is 3. The van der Waals surface area contributed by atoms with Gasteiger partial charge in [-0.2, -0.15) is 0 Å². The minimum atomic E-state index is -0.149. The van der Waals surface area contributed by atoms with Crippen molar-refractivity contribution in [1.82, 2.24) is 0 Å². The highest BCUT2D eigenvalue weighted by Gasteiger charge is 2.11. The first-order chi connectivity index (χ1) is 6.07. The van der Waals surface area contributed by atoms with Crippen LogP contribution in [0.4, 0.5) is 0 Å². The lowest BCUT2D eigenvalue weighted by molar-refractivity contribution is 0.324. The second-order valence-corrected chi connectivity index (χ2v) is 4.13. The zero-order chi connectivity index (χ0) is 10.3. The van der Waals surface area contributed by atoms with Crippen molar-refractivity contribution in [1.29, 1.82) is 0 Å². The van der Waals surface area contributed by atoms with Crippen molar-refractivity contribution in [3.63, 3.8) is 0 Å². The first-order valence-electron chi connectivity index (χ1n) is 5.29. The van der Waals surface area contributed by atoms with Crippen molar-refractivity contribution >= 4 is 0 Å². The Morgan fingerprint density at radius 2 is 1.46 bits per heavy atom. The van der Waals surface area contributed by atoms with E-state index in [-0.39, 0.29) is 6.17 Å². The Kier molecular flexibility index (Phi) is 7.23. The molecule has 0 saturated heterocycles. The van der Waals surface area contributed by atoms with Crippen LogP contribution in [0.3, 0.4) is 0 Å². The Balaban J connectivity index is 3.50. The van der Waals surface area contributed by atoms with E-state index in [2.05, 4.69) is 13.8 Å². The average Bonchev–Trinajstić information content (AvgIpc) is 2.10. The van der Waals surface area contributed by atoms with Crippen molar-refractivity contribution in [2.24, 2.45) is 29.0 Å². The lowest BCUT2D eigenvalue weighted by Gasteiger charge is -2.20. The van der Waals surface area contributed by atoms with Crippen molar-refractivity contribution in [3.05, 3.63) is 0 Å². The van der Waals surface area contributed by atoms with Crippen LogP contribution < -0.4 is 17.2 Å². The molecule has 2 unspecified atom stereocenters. The van der Waals surface area contributed by atoms with Gasteiger partial charge in [-0.15, -0.1) is 0 Å². The molecule has 0 saturated carbocycles. The van der Waals surface area contributed by atoms with E-state index >= 15 is 0 Å². The van der Waals surface area contributed by atoms with E-state index in [0.29, 0.717) is 5.92 Å². The van der Waals surface area contributed by atoms with Crippen molar-refractivity contribution in [2.45, 2.75) is 45.7 Å². The van der Waals surface area contributed by atoms with Gasteiger partial charge in [0.05, 0.1) is 6.17 Å². The molecule has 0 rings (SSSR count). The van der Waals surface area contributed by atoms with Crippen LogP contribution in [0.5, 0.6) is 0 Å². The van der Waals surface area contributed by atoms with Crippen LogP contribution in [0, 0.1) is 11.8 Å². The molecule has 0 spiro atoms. The van der Waals surface area contributed by atoms with Gasteiger partial charge in [-0.25, -0.2) is 0 Å². The summed E-state index contributed by atoms with van der Waals surface area (Å²) in [5, 5.41) is 0. The fourth-order valence-electron chi connectivity index (χ4n) is 1.46. The summed E-state index contributed by atoms with van der Waals surface area (Å²) in [5.41, 5.74) is 16.5. The lowest BCUT2D eigenvalue weighted by atomic mass is 9.88. The third kappa shape index (κ3) is 6.99. The predicted octanol–water partition coefficient (Wildman–Crippen LogP) is 1.02. The van der Waals surface area contributed by atoms with E-state index in [9.17, 15) is 0 Å². The average molecular weight is 187 g/mol. The van der Waals surface area contributed by atoms with Crippen LogP contribution >= 0.6 is 0 Å². The predicted molar refractivity (Wildman–Crippen MR) is 58.0 cm³/mol. The summed E-state index contributed by atoms with van der Waals surface area (Å²) < 4.78 is 0. The van der Waals surface area contributed by atoms with Crippen LogP contribution in [0.1, 0.15) is 39.5 Å².